The van der Waals surface area contributed by atoms with Crippen molar-refractivity contribution < 1.29 is 18.3 Å². The molecule has 0 unspecified atom stereocenters. The lowest BCUT2D eigenvalue weighted by Crippen LogP contribution is -2.49. The smallest absolute Gasteiger partial charge is 0.420 e. The van der Waals surface area contributed by atoms with Crippen LogP contribution in [-0.2, 0) is 0 Å². The van der Waals surface area contributed by atoms with E-state index < -0.39 is 11.5 Å². The zero-order chi connectivity index (χ0) is 19.6. The molecule has 2 aromatic rings. The number of carbonyl (C=O) groups excluding carboxylic acids is 1. The maximum Gasteiger partial charge on any atom is 0.487 e. The Morgan fingerprint density at radius 3 is 2.63 bits per heavy atom. The number of benzene rings is 1. The van der Waals surface area contributed by atoms with Gasteiger partial charge in [-0.2, -0.15) is 0 Å². The summed E-state index contributed by atoms with van der Waals surface area (Å²) in [5.74, 6) is 0.137. The number of carbonyl (C=O) groups is 1. The van der Waals surface area contributed by atoms with E-state index in [9.17, 15) is 13.6 Å². The van der Waals surface area contributed by atoms with Crippen LogP contribution in [-0.4, -0.2) is 35.6 Å². The highest BCUT2D eigenvalue weighted by atomic mass is 79.9. The highest BCUT2D eigenvalue weighted by molar-refractivity contribution is 9.10. The average molecular weight is 458 g/mol. The van der Waals surface area contributed by atoms with E-state index in [1.165, 1.54) is 30.5 Å². The molecule has 1 aromatic carbocycles. The summed E-state index contributed by atoms with van der Waals surface area (Å²) in [5, 5.41) is 2.64. The number of rotatable bonds is 5. The Hall–Kier alpha value is -2.44. The molecule has 3 rings (SSSR count). The highest BCUT2D eigenvalue weighted by Gasteiger charge is 2.33. The van der Waals surface area contributed by atoms with Crippen LogP contribution in [0.15, 0.2) is 41.0 Å². The predicted molar refractivity (Wildman–Crippen MR) is 100 cm³/mol. The molecule has 0 radical (unpaired) electrons. The molecular formula is C17H12BrClF2N4O2. The quantitative estimate of drug-likeness (QED) is 0.535. The number of hydrogen-bond donors (Lipinski definition) is 1. The number of aromatic nitrogens is 1. The zero-order valence-corrected chi connectivity index (χ0v) is 16.0. The molecule has 0 atom stereocenters. The first-order chi connectivity index (χ1) is 12.7. The van der Waals surface area contributed by atoms with E-state index in [1.807, 2.05) is 4.90 Å². The fourth-order valence-electron chi connectivity index (χ4n) is 2.44. The Morgan fingerprint density at radius 1 is 1.41 bits per heavy atom. The number of alkyl halides is 3. The number of nitrogens with one attached hydrogen (secondary N) is 1. The van der Waals surface area contributed by atoms with Crippen molar-refractivity contribution in [3.8, 4) is 5.75 Å². The van der Waals surface area contributed by atoms with Crippen molar-refractivity contribution in [3.05, 3.63) is 58.0 Å². The van der Waals surface area contributed by atoms with Gasteiger partial charge in [-0.05, 0) is 46.3 Å². The molecule has 1 N–H and O–H groups in total. The van der Waals surface area contributed by atoms with Crippen LogP contribution < -0.4 is 15.0 Å². The van der Waals surface area contributed by atoms with Crippen LogP contribution in [0.4, 0.5) is 20.3 Å². The second kappa shape index (κ2) is 7.66. The van der Waals surface area contributed by atoms with E-state index in [0.29, 0.717) is 34.6 Å². The summed E-state index contributed by atoms with van der Waals surface area (Å²) < 4.78 is 30.0. The SMILES string of the molecule is [C-]#[N+]C1CN(c2ncc(C(=O)Nc3ccc(OC(F)(F)Cl)cc3)cc2Br)C1. The largest absolute Gasteiger partial charge is 0.487 e. The first kappa shape index (κ1) is 19.3. The number of nitrogens with zero attached hydrogens (tertiary/aromatic N) is 3. The number of amides is 1. The lowest BCUT2D eigenvalue weighted by molar-refractivity contribution is -0.0964. The Morgan fingerprint density at radius 2 is 2.07 bits per heavy atom. The zero-order valence-electron chi connectivity index (χ0n) is 13.6. The third kappa shape index (κ3) is 4.84. The van der Waals surface area contributed by atoms with Crippen molar-refractivity contribution in [3.63, 3.8) is 0 Å². The molecule has 1 aliphatic rings. The van der Waals surface area contributed by atoms with Crippen molar-refractivity contribution >= 4 is 44.9 Å². The van der Waals surface area contributed by atoms with Gasteiger partial charge < -0.3 is 19.8 Å². The number of hydrogen-bond acceptors (Lipinski definition) is 4. The van der Waals surface area contributed by atoms with E-state index in [1.54, 1.807) is 6.07 Å². The van der Waals surface area contributed by atoms with Gasteiger partial charge in [0, 0.05) is 23.5 Å². The maximum absolute atomic E-state index is 12.6. The standard InChI is InChI=1S/C17H12BrClF2N4O2/c1-22-12-8-25(9-12)15-14(18)6-10(7-23-15)16(26)24-11-2-4-13(5-3-11)27-17(19,20)21/h2-7,12H,8-9H2,(H,24,26). The average Bonchev–Trinajstić information content (AvgIpc) is 2.55. The molecule has 6 nitrogen and oxygen atoms in total. The van der Waals surface area contributed by atoms with E-state index in [4.69, 9.17) is 18.2 Å². The van der Waals surface area contributed by atoms with E-state index in [2.05, 4.69) is 35.8 Å². The van der Waals surface area contributed by atoms with Gasteiger partial charge in [-0.15, -0.1) is 8.78 Å². The molecule has 0 spiro atoms. The molecule has 140 valence electrons. The minimum absolute atomic E-state index is 0.0209. The van der Waals surface area contributed by atoms with Gasteiger partial charge in [0.25, 0.3) is 11.9 Å². The van der Waals surface area contributed by atoms with Crippen LogP contribution in [0.2, 0.25) is 0 Å². The summed E-state index contributed by atoms with van der Waals surface area (Å²) in [4.78, 5) is 22.0. The van der Waals surface area contributed by atoms with Crippen molar-refractivity contribution in [2.75, 3.05) is 23.3 Å². The maximum atomic E-state index is 12.6. The minimum Gasteiger partial charge on any atom is -0.420 e. The normalized spacial score (nSPS) is 14.3. The van der Waals surface area contributed by atoms with Gasteiger partial charge in [0.15, 0.2) is 0 Å². The number of anilines is 2. The summed E-state index contributed by atoms with van der Waals surface area (Å²) in [7, 11) is 0. The third-order valence-electron chi connectivity index (χ3n) is 3.77. The topological polar surface area (TPSA) is 58.8 Å². The Kier molecular flexibility index (Phi) is 5.48. The summed E-state index contributed by atoms with van der Waals surface area (Å²) >= 11 is 8.09. The summed E-state index contributed by atoms with van der Waals surface area (Å²) in [6, 6.07) is 6.97. The van der Waals surface area contributed by atoms with Gasteiger partial charge in [0.1, 0.15) is 11.6 Å². The molecule has 1 fully saturated rings. The fraction of sp³-hybridized carbons (Fsp3) is 0.235. The molecule has 2 heterocycles. The monoisotopic (exact) mass is 456 g/mol. The van der Waals surface area contributed by atoms with Crippen LogP contribution in [0.3, 0.4) is 0 Å². The van der Waals surface area contributed by atoms with E-state index >= 15 is 0 Å². The molecular weight excluding hydrogens is 446 g/mol. The summed E-state index contributed by atoms with van der Waals surface area (Å²) in [6.07, 6.45) is 1.44. The summed E-state index contributed by atoms with van der Waals surface area (Å²) in [5.41, 5.74) is -3.08. The van der Waals surface area contributed by atoms with Gasteiger partial charge in [-0.25, -0.2) is 11.6 Å². The molecule has 1 aromatic heterocycles. The highest BCUT2D eigenvalue weighted by Crippen LogP contribution is 2.29. The Bertz CT molecular complexity index is 893. The number of halogens is 4. The molecule has 10 heteroatoms. The van der Waals surface area contributed by atoms with Crippen LogP contribution >= 0.6 is 27.5 Å². The second-order valence-electron chi connectivity index (χ2n) is 5.74. The molecule has 0 bridgehead atoms. The summed E-state index contributed by atoms with van der Waals surface area (Å²) in [6.45, 7) is 8.20. The molecule has 27 heavy (non-hydrogen) atoms. The Balaban J connectivity index is 1.64. The van der Waals surface area contributed by atoms with Crippen molar-refractivity contribution in [1.29, 1.82) is 0 Å². The lowest BCUT2D eigenvalue weighted by atomic mass is 10.1. The van der Waals surface area contributed by atoms with Gasteiger partial charge in [0.05, 0.1) is 23.1 Å². The van der Waals surface area contributed by atoms with Crippen LogP contribution in [0.5, 0.6) is 5.75 Å². The van der Waals surface area contributed by atoms with Gasteiger partial charge >= 0.3 is 5.57 Å². The predicted octanol–water partition coefficient (Wildman–Crippen LogP) is 4.37. The number of ether oxygens (including phenoxy) is 1. The molecule has 0 saturated carbocycles. The van der Waals surface area contributed by atoms with Crippen LogP contribution in [0.25, 0.3) is 4.85 Å². The van der Waals surface area contributed by atoms with Crippen LogP contribution in [0, 0.1) is 6.57 Å². The first-order valence-corrected chi connectivity index (χ1v) is 8.86. The van der Waals surface area contributed by atoms with Crippen molar-refractivity contribution in [1.82, 2.24) is 4.98 Å². The lowest BCUT2D eigenvalue weighted by Gasteiger charge is -2.33. The second-order valence-corrected chi connectivity index (χ2v) is 7.04. The van der Waals surface area contributed by atoms with Crippen molar-refractivity contribution in [2.45, 2.75) is 11.6 Å². The number of pyridine rings is 1. The van der Waals surface area contributed by atoms with Crippen LogP contribution in [0.1, 0.15) is 10.4 Å². The van der Waals surface area contributed by atoms with Gasteiger partial charge in [-0.3, -0.25) is 4.79 Å². The van der Waals surface area contributed by atoms with Crippen molar-refractivity contribution in [2.24, 2.45) is 0 Å². The first-order valence-electron chi connectivity index (χ1n) is 7.69. The third-order valence-corrected chi connectivity index (χ3v) is 4.43. The molecule has 1 aliphatic heterocycles. The molecule has 1 saturated heterocycles. The van der Waals surface area contributed by atoms with E-state index in [0.717, 1.165) is 0 Å². The van der Waals surface area contributed by atoms with E-state index in [-0.39, 0.29) is 11.8 Å². The Labute approximate surface area is 167 Å². The van der Waals surface area contributed by atoms with Gasteiger partial charge in [0.2, 0.25) is 0 Å². The van der Waals surface area contributed by atoms with Gasteiger partial charge in [-0.1, -0.05) is 0 Å². The fourth-order valence-corrected chi connectivity index (χ4v) is 3.13. The molecule has 1 amide bonds. The minimum atomic E-state index is -3.80. The molecule has 0 aliphatic carbocycles.